The van der Waals surface area contributed by atoms with Crippen LogP contribution in [0, 0.1) is 5.92 Å². The van der Waals surface area contributed by atoms with Gasteiger partial charge in [0.05, 0.1) is 32.0 Å². The molecule has 0 radical (unpaired) electrons. The molecule has 232 valence electrons. The zero-order valence-electron chi connectivity index (χ0n) is 25.1. The van der Waals surface area contributed by atoms with Gasteiger partial charge in [-0.3, -0.25) is 9.59 Å². The number of hydrogen-bond donors (Lipinski definition) is 3. The van der Waals surface area contributed by atoms with E-state index < -0.39 is 12.1 Å². The second-order valence-electron chi connectivity index (χ2n) is 11.3. The van der Waals surface area contributed by atoms with Gasteiger partial charge < -0.3 is 39.8 Å². The van der Waals surface area contributed by atoms with Gasteiger partial charge in [-0.2, -0.15) is 0 Å². The summed E-state index contributed by atoms with van der Waals surface area (Å²) < 4.78 is 17.3. The molecular formula is C33H38N4O7. The quantitative estimate of drug-likeness (QED) is 0.357. The van der Waals surface area contributed by atoms with Crippen LogP contribution < -0.4 is 24.8 Å². The molecule has 11 nitrogen and oxygen atoms in total. The average Bonchev–Trinajstić information content (AvgIpc) is 3.49. The van der Waals surface area contributed by atoms with Crippen molar-refractivity contribution < 1.29 is 33.7 Å². The molecule has 0 spiro atoms. The number of rotatable bonds is 8. The van der Waals surface area contributed by atoms with Crippen LogP contribution in [-0.2, 0) is 22.4 Å². The number of anilines is 2. The first-order chi connectivity index (χ1) is 21.2. The van der Waals surface area contributed by atoms with Crippen LogP contribution in [0.2, 0.25) is 0 Å². The Morgan fingerprint density at radius 2 is 1.70 bits per heavy atom. The number of ether oxygens (including phenoxy) is 3. The summed E-state index contributed by atoms with van der Waals surface area (Å²) in [6, 6.07) is 19.1. The number of aliphatic hydroxyl groups excluding tert-OH is 1. The van der Waals surface area contributed by atoms with Crippen LogP contribution in [0.3, 0.4) is 0 Å². The first kappa shape index (κ1) is 30.7. The van der Waals surface area contributed by atoms with E-state index in [0.29, 0.717) is 40.7 Å². The lowest BCUT2D eigenvalue weighted by molar-refractivity contribution is -0.134. The number of nitrogens with one attached hydrogen (secondary N) is 2. The van der Waals surface area contributed by atoms with Gasteiger partial charge in [0, 0.05) is 42.5 Å². The van der Waals surface area contributed by atoms with Crippen LogP contribution in [0.4, 0.5) is 16.2 Å². The first-order valence-corrected chi connectivity index (χ1v) is 14.7. The fraction of sp³-hybridized carbons (Fsp3) is 0.364. The number of nitrogens with zero attached hydrogens (tertiary/aromatic N) is 2. The highest BCUT2D eigenvalue weighted by Crippen LogP contribution is 2.34. The number of carbonyl (C=O) groups excluding carboxylic acids is 3. The summed E-state index contributed by atoms with van der Waals surface area (Å²) in [5, 5.41) is 15.7. The predicted octanol–water partition coefficient (Wildman–Crippen LogP) is 3.91. The summed E-state index contributed by atoms with van der Waals surface area (Å²) in [5.74, 6) is 1.16. The molecular weight excluding hydrogens is 564 g/mol. The van der Waals surface area contributed by atoms with Crippen LogP contribution in [0.5, 0.6) is 17.2 Å². The standard InChI is InChI=1S/C33H38N4O7/c1-21-17-37(22(2)19-38)32(40)15-24-14-25(34-31(39)13-23-7-5-4-6-8-23)9-11-27(24)44-30(21)18-36(3)33(41)35-26-10-12-28-29(16-26)43-20-42-28/h4-12,14,16,21-22,30,38H,13,15,17-20H2,1-3H3,(H,34,39)(H,35,41)/t21-,22-,30+/m0/s1. The second-order valence-corrected chi connectivity index (χ2v) is 11.3. The Morgan fingerprint density at radius 3 is 2.45 bits per heavy atom. The Morgan fingerprint density at radius 1 is 1.00 bits per heavy atom. The molecule has 3 aromatic carbocycles. The summed E-state index contributed by atoms with van der Waals surface area (Å²) >= 11 is 0. The summed E-state index contributed by atoms with van der Waals surface area (Å²) in [7, 11) is 1.68. The molecule has 2 aliphatic rings. The van der Waals surface area contributed by atoms with Gasteiger partial charge in [0.2, 0.25) is 18.6 Å². The third-order valence-corrected chi connectivity index (χ3v) is 7.83. The molecule has 0 bridgehead atoms. The normalized spacial score (nSPS) is 18.2. The smallest absolute Gasteiger partial charge is 0.321 e. The average molecular weight is 603 g/mol. The largest absolute Gasteiger partial charge is 0.488 e. The highest BCUT2D eigenvalue weighted by atomic mass is 16.7. The molecule has 44 heavy (non-hydrogen) atoms. The van der Waals surface area contributed by atoms with Crippen LogP contribution in [-0.4, -0.2) is 78.4 Å². The highest BCUT2D eigenvalue weighted by molar-refractivity contribution is 5.93. The Hall–Kier alpha value is -4.77. The molecule has 0 saturated heterocycles. The zero-order chi connectivity index (χ0) is 31.2. The lowest BCUT2D eigenvalue weighted by Crippen LogP contribution is -2.48. The van der Waals surface area contributed by atoms with Crippen molar-refractivity contribution in [1.29, 1.82) is 0 Å². The summed E-state index contributed by atoms with van der Waals surface area (Å²) in [4.78, 5) is 42.6. The molecule has 4 amide bonds. The number of carbonyl (C=O) groups is 3. The summed E-state index contributed by atoms with van der Waals surface area (Å²) in [6.45, 7) is 4.26. The predicted molar refractivity (Wildman–Crippen MR) is 165 cm³/mol. The number of urea groups is 1. The molecule has 0 fully saturated rings. The zero-order valence-corrected chi connectivity index (χ0v) is 25.1. The van der Waals surface area contributed by atoms with Crippen LogP contribution in [0.25, 0.3) is 0 Å². The van der Waals surface area contributed by atoms with Crippen molar-refractivity contribution in [2.45, 2.75) is 38.8 Å². The maximum absolute atomic E-state index is 13.5. The first-order valence-electron chi connectivity index (χ1n) is 14.7. The Balaban J connectivity index is 1.34. The van der Waals surface area contributed by atoms with Crippen LogP contribution in [0.1, 0.15) is 25.0 Å². The monoisotopic (exact) mass is 602 g/mol. The molecule has 2 aliphatic heterocycles. The molecule has 0 unspecified atom stereocenters. The number of benzene rings is 3. The van der Waals surface area contributed by atoms with Crippen molar-refractivity contribution >= 4 is 29.2 Å². The maximum atomic E-state index is 13.5. The number of amides is 4. The van der Waals surface area contributed by atoms with E-state index in [-0.39, 0.29) is 56.5 Å². The minimum Gasteiger partial charge on any atom is -0.488 e. The van der Waals surface area contributed by atoms with E-state index in [0.717, 1.165) is 5.56 Å². The van der Waals surface area contributed by atoms with Gasteiger partial charge in [-0.15, -0.1) is 0 Å². The molecule has 3 aromatic rings. The summed E-state index contributed by atoms with van der Waals surface area (Å²) in [6.07, 6.45) is -0.240. The van der Waals surface area contributed by atoms with Gasteiger partial charge in [0.1, 0.15) is 11.9 Å². The molecule has 0 saturated carbocycles. The van der Waals surface area contributed by atoms with E-state index in [1.165, 1.54) is 4.90 Å². The lowest BCUT2D eigenvalue weighted by atomic mass is 10.0. The molecule has 3 N–H and O–H groups in total. The van der Waals surface area contributed by atoms with Gasteiger partial charge in [0.15, 0.2) is 11.5 Å². The van der Waals surface area contributed by atoms with Crippen molar-refractivity contribution in [3.8, 4) is 17.2 Å². The number of aliphatic hydroxyl groups is 1. The lowest BCUT2D eigenvalue weighted by Gasteiger charge is -2.34. The third kappa shape index (κ3) is 7.41. The van der Waals surface area contributed by atoms with Gasteiger partial charge in [-0.05, 0) is 42.8 Å². The third-order valence-electron chi connectivity index (χ3n) is 7.83. The van der Waals surface area contributed by atoms with Crippen molar-refractivity contribution in [2.24, 2.45) is 5.92 Å². The summed E-state index contributed by atoms with van der Waals surface area (Å²) in [5.41, 5.74) is 2.61. The minimum absolute atomic E-state index is 0.0297. The second kappa shape index (κ2) is 13.7. The fourth-order valence-corrected chi connectivity index (χ4v) is 5.26. The Labute approximate surface area is 256 Å². The molecule has 11 heteroatoms. The van der Waals surface area contributed by atoms with Crippen LogP contribution in [0.15, 0.2) is 66.7 Å². The van der Waals surface area contributed by atoms with Crippen molar-refractivity contribution in [3.05, 3.63) is 77.9 Å². The Kier molecular flexibility index (Phi) is 9.54. The topological polar surface area (TPSA) is 130 Å². The van der Waals surface area contributed by atoms with E-state index >= 15 is 0 Å². The SMILES string of the molecule is C[C@H]1CN([C@@H](C)CO)C(=O)Cc2cc(NC(=O)Cc3ccccc3)ccc2O[C@@H]1CN(C)C(=O)Nc1ccc2c(c1)OCO2. The van der Waals surface area contributed by atoms with E-state index in [1.807, 2.05) is 37.3 Å². The van der Waals surface area contributed by atoms with Crippen molar-refractivity contribution in [1.82, 2.24) is 9.80 Å². The fourth-order valence-electron chi connectivity index (χ4n) is 5.26. The van der Waals surface area contributed by atoms with Gasteiger partial charge >= 0.3 is 6.03 Å². The van der Waals surface area contributed by atoms with E-state index in [9.17, 15) is 19.5 Å². The minimum atomic E-state index is -0.487. The number of fused-ring (bicyclic) bond motifs is 2. The molecule has 0 aromatic heterocycles. The van der Waals surface area contributed by atoms with Gasteiger partial charge in [-0.1, -0.05) is 37.3 Å². The maximum Gasteiger partial charge on any atom is 0.321 e. The molecule has 3 atom stereocenters. The van der Waals surface area contributed by atoms with Crippen LogP contribution >= 0.6 is 0 Å². The highest BCUT2D eigenvalue weighted by Gasteiger charge is 2.32. The van der Waals surface area contributed by atoms with Gasteiger partial charge in [-0.25, -0.2) is 4.79 Å². The van der Waals surface area contributed by atoms with Gasteiger partial charge in [0.25, 0.3) is 0 Å². The number of likely N-dealkylation sites (N-methyl/N-ethyl adjacent to an activating group) is 1. The van der Waals surface area contributed by atoms with Crippen molar-refractivity contribution in [3.63, 3.8) is 0 Å². The van der Waals surface area contributed by atoms with E-state index in [2.05, 4.69) is 10.6 Å². The van der Waals surface area contributed by atoms with Crippen molar-refractivity contribution in [2.75, 3.05) is 44.2 Å². The molecule has 5 rings (SSSR count). The van der Waals surface area contributed by atoms with E-state index in [1.54, 1.807) is 55.3 Å². The van der Waals surface area contributed by atoms with E-state index in [4.69, 9.17) is 14.2 Å². The molecule has 2 heterocycles. The number of hydrogen-bond acceptors (Lipinski definition) is 7. The Bertz CT molecular complexity index is 1500. The molecule has 0 aliphatic carbocycles.